The van der Waals surface area contributed by atoms with Gasteiger partial charge in [0, 0.05) is 25.8 Å². The number of primary sulfonamides is 1. The van der Waals surface area contributed by atoms with Crippen molar-refractivity contribution in [1.82, 2.24) is 9.55 Å². The summed E-state index contributed by atoms with van der Waals surface area (Å²) in [5, 5.41) is 5.17. The van der Waals surface area contributed by atoms with Crippen LogP contribution in [0.2, 0.25) is 0 Å². The van der Waals surface area contributed by atoms with Gasteiger partial charge in [-0.25, -0.2) is 18.4 Å². The Morgan fingerprint density at radius 3 is 2.65 bits per heavy atom. The fourth-order valence-corrected chi connectivity index (χ4v) is 4.23. The van der Waals surface area contributed by atoms with Gasteiger partial charge in [-0.15, -0.1) is 0 Å². The third-order valence-corrected chi connectivity index (χ3v) is 6.19. The Kier molecular flexibility index (Phi) is 6.23. The molecule has 31 heavy (non-hydrogen) atoms. The van der Waals surface area contributed by atoms with Gasteiger partial charge >= 0.3 is 5.69 Å². The molecule has 3 rings (SSSR count). The lowest BCUT2D eigenvalue weighted by atomic mass is 10.2. The summed E-state index contributed by atoms with van der Waals surface area (Å²) < 4.78 is 24.4. The van der Waals surface area contributed by atoms with Crippen LogP contribution < -0.4 is 31.9 Å². The van der Waals surface area contributed by atoms with Crippen molar-refractivity contribution in [3.8, 4) is 0 Å². The number of aromatic nitrogens is 2. The van der Waals surface area contributed by atoms with Crippen LogP contribution in [0.3, 0.4) is 0 Å². The Bertz CT molecular complexity index is 1230. The van der Waals surface area contributed by atoms with Crippen molar-refractivity contribution in [2.45, 2.75) is 37.6 Å². The van der Waals surface area contributed by atoms with Crippen LogP contribution in [0.1, 0.15) is 25.3 Å². The number of carbonyl (C=O) groups is 1. The molecule has 0 radical (unpaired) electrons. The predicted octanol–water partition coefficient (Wildman–Crippen LogP) is -0.408. The molecule has 0 fully saturated rings. The number of nitrogens with one attached hydrogen (secondary N) is 1. The van der Waals surface area contributed by atoms with Crippen LogP contribution in [0.25, 0.3) is 0 Å². The molecular weight excluding hydrogens is 424 g/mol. The average Bonchev–Trinajstić information content (AvgIpc) is 3.10. The van der Waals surface area contributed by atoms with E-state index in [9.17, 15) is 22.8 Å². The van der Waals surface area contributed by atoms with E-state index in [0.29, 0.717) is 37.2 Å². The molecule has 11 nitrogen and oxygen atoms in total. The van der Waals surface area contributed by atoms with Gasteiger partial charge < -0.3 is 15.5 Å². The maximum Gasteiger partial charge on any atom is 0.330 e. The SMILES string of the molecule is CCCCn1c(N)c(N(C)CC(=O)N2CCc3cc(S(N)(=O)=O)ccc32)c(=O)[nH]c1=O. The predicted molar refractivity (Wildman–Crippen MR) is 118 cm³/mol. The van der Waals surface area contributed by atoms with E-state index in [1.165, 1.54) is 26.5 Å². The highest BCUT2D eigenvalue weighted by molar-refractivity contribution is 7.89. The van der Waals surface area contributed by atoms with Crippen LogP contribution in [0.5, 0.6) is 0 Å². The van der Waals surface area contributed by atoms with E-state index < -0.39 is 21.3 Å². The summed E-state index contributed by atoms with van der Waals surface area (Å²) in [5.74, 6) is -0.285. The Morgan fingerprint density at radius 1 is 1.29 bits per heavy atom. The van der Waals surface area contributed by atoms with Crippen molar-refractivity contribution in [3.63, 3.8) is 0 Å². The van der Waals surface area contributed by atoms with Crippen molar-refractivity contribution >= 4 is 33.1 Å². The van der Waals surface area contributed by atoms with Crippen LogP contribution in [0.4, 0.5) is 17.2 Å². The van der Waals surface area contributed by atoms with E-state index >= 15 is 0 Å². The Labute approximate surface area is 179 Å². The molecule has 0 bridgehead atoms. The summed E-state index contributed by atoms with van der Waals surface area (Å²) in [6, 6.07) is 4.37. The van der Waals surface area contributed by atoms with Crippen LogP contribution in [0, 0.1) is 0 Å². The normalized spacial score (nSPS) is 13.3. The number of H-pyrrole nitrogens is 1. The third-order valence-electron chi connectivity index (χ3n) is 5.28. The van der Waals surface area contributed by atoms with Gasteiger partial charge in [0.25, 0.3) is 5.56 Å². The average molecular weight is 451 g/mol. The number of hydrogen-bond donors (Lipinski definition) is 3. The highest BCUT2D eigenvalue weighted by atomic mass is 32.2. The number of benzene rings is 1. The minimum Gasteiger partial charge on any atom is -0.383 e. The molecule has 1 amide bonds. The second kappa shape index (κ2) is 8.55. The number of carbonyl (C=O) groups excluding carboxylic acids is 1. The molecule has 0 spiro atoms. The quantitative estimate of drug-likeness (QED) is 0.516. The van der Waals surface area contributed by atoms with Gasteiger partial charge in [0.2, 0.25) is 15.9 Å². The number of unbranched alkanes of at least 4 members (excludes halogenated alkanes) is 1. The zero-order valence-corrected chi connectivity index (χ0v) is 18.2. The second-order valence-corrected chi connectivity index (χ2v) is 9.05. The third kappa shape index (κ3) is 4.49. The van der Waals surface area contributed by atoms with Gasteiger partial charge in [0.15, 0.2) is 0 Å². The molecule has 2 heterocycles. The number of nitrogens with two attached hydrogens (primary N) is 2. The number of likely N-dealkylation sites (N-methyl/N-ethyl adjacent to an activating group) is 1. The van der Waals surface area contributed by atoms with Crippen LogP contribution >= 0.6 is 0 Å². The molecule has 1 aliphatic rings. The van der Waals surface area contributed by atoms with Crippen LogP contribution in [-0.2, 0) is 27.8 Å². The summed E-state index contributed by atoms with van der Waals surface area (Å²) in [6.07, 6.45) is 2.04. The molecule has 1 aromatic heterocycles. The first-order valence-corrected chi connectivity index (χ1v) is 11.4. The molecule has 168 valence electrons. The van der Waals surface area contributed by atoms with Gasteiger partial charge in [-0.3, -0.25) is 19.1 Å². The lowest BCUT2D eigenvalue weighted by Crippen LogP contribution is -2.42. The van der Waals surface area contributed by atoms with E-state index in [4.69, 9.17) is 10.9 Å². The number of anilines is 3. The number of sulfonamides is 1. The fourth-order valence-electron chi connectivity index (χ4n) is 3.67. The monoisotopic (exact) mass is 450 g/mol. The molecule has 0 saturated carbocycles. The zero-order valence-electron chi connectivity index (χ0n) is 17.4. The molecule has 5 N–H and O–H groups in total. The second-order valence-electron chi connectivity index (χ2n) is 7.49. The minimum absolute atomic E-state index is 0.00805. The summed E-state index contributed by atoms with van der Waals surface area (Å²) >= 11 is 0. The number of nitrogen functional groups attached to an aromatic ring is 1. The lowest BCUT2D eigenvalue weighted by Gasteiger charge is -2.24. The topological polar surface area (TPSA) is 165 Å². The molecule has 0 atom stereocenters. The first-order valence-electron chi connectivity index (χ1n) is 9.84. The first-order chi connectivity index (χ1) is 14.5. The molecule has 0 unspecified atom stereocenters. The molecule has 2 aromatic rings. The highest BCUT2D eigenvalue weighted by Crippen LogP contribution is 2.30. The van der Waals surface area contributed by atoms with Crippen molar-refractivity contribution in [2.24, 2.45) is 5.14 Å². The summed E-state index contributed by atoms with van der Waals surface area (Å²) in [4.78, 5) is 42.6. The highest BCUT2D eigenvalue weighted by Gasteiger charge is 2.28. The molecule has 0 saturated heterocycles. The van der Waals surface area contributed by atoms with E-state index in [1.807, 2.05) is 6.92 Å². The van der Waals surface area contributed by atoms with Crippen molar-refractivity contribution in [3.05, 3.63) is 44.6 Å². The number of rotatable bonds is 7. The van der Waals surface area contributed by atoms with Crippen LogP contribution in [0.15, 0.2) is 32.7 Å². The Hall–Kier alpha value is -3.12. The molecule has 0 aliphatic carbocycles. The standard InChI is InChI=1S/C19H26N6O5S/c1-3-4-8-25-17(20)16(18(27)22-19(25)28)23(2)11-15(26)24-9-7-12-10-13(31(21,29)30)5-6-14(12)24/h5-6,10H,3-4,7-9,11,20H2,1-2H3,(H2,21,29,30)(H,22,27,28). The van der Waals surface area contributed by atoms with Crippen LogP contribution in [-0.4, -0.2) is 44.0 Å². The first kappa shape index (κ1) is 22.6. The number of nitrogens with zero attached hydrogens (tertiary/aromatic N) is 3. The number of aromatic amines is 1. The molecule has 1 aromatic carbocycles. The van der Waals surface area contributed by atoms with E-state index in [-0.39, 0.29) is 28.9 Å². The van der Waals surface area contributed by atoms with Gasteiger partial charge in [-0.2, -0.15) is 0 Å². The van der Waals surface area contributed by atoms with Gasteiger partial charge in [-0.1, -0.05) is 13.3 Å². The maximum atomic E-state index is 12.9. The Balaban J connectivity index is 1.85. The van der Waals surface area contributed by atoms with Gasteiger partial charge in [0.05, 0.1) is 11.4 Å². The summed E-state index contributed by atoms with van der Waals surface area (Å²) in [6.45, 7) is 2.55. The Morgan fingerprint density at radius 2 is 2.00 bits per heavy atom. The van der Waals surface area contributed by atoms with Gasteiger partial charge in [0.1, 0.15) is 11.5 Å². The van der Waals surface area contributed by atoms with Crippen molar-refractivity contribution < 1.29 is 13.2 Å². The summed E-state index contributed by atoms with van der Waals surface area (Å²) in [5.41, 5.74) is 6.20. The van der Waals surface area contributed by atoms with E-state index in [1.54, 1.807) is 13.1 Å². The molecule has 12 heteroatoms. The minimum atomic E-state index is -3.83. The number of hydrogen-bond acceptors (Lipinski definition) is 7. The molecular formula is C19H26N6O5S. The smallest absolute Gasteiger partial charge is 0.330 e. The lowest BCUT2D eigenvalue weighted by molar-refractivity contribution is -0.117. The van der Waals surface area contributed by atoms with E-state index in [2.05, 4.69) is 4.98 Å². The maximum absolute atomic E-state index is 12.9. The zero-order chi connectivity index (χ0) is 22.9. The number of amides is 1. The van der Waals surface area contributed by atoms with Crippen molar-refractivity contribution in [1.29, 1.82) is 0 Å². The van der Waals surface area contributed by atoms with Gasteiger partial charge in [-0.05, 0) is 36.6 Å². The summed E-state index contributed by atoms with van der Waals surface area (Å²) in [7, 11) is -2.28. The van der Waals surface area contributed by atoms with Crippen molar-refractivity contribution in [2.75, 3.05) is 35.7 Å². The fraction of sp³-hybridized carbons (Fsp3) is 0.421. The molecule has 1 aliphatic heterocycles. The number of fused-ring (bicyclic) bond motifs is 1. The largest absolute Gasteiger partial charge is 0.383 e. The van der Waals surface area contributed by atoms with E-state index in [0.717, 1.165) is 6.42 Å².